The largest absolute Gasteiger partial charge is 0.352 e. The lowest BCUT2D eigenvalue weighted by Gasteiger charge is -2.32. The summed E-state index contributed by atoms with van der Waals surface area (Å²) in [7, 11) is 0. The third-order valence-corrected chi connectivity index (χ3v) is 5.67. The molecule has 0 atom stereocenters. The summed E-state index contributed by atoms with van der Waals surface area (Å²) in [6.45, 7) is 1.85. The Morgan fingerprint density at radius 1 is 1.24 bits per heavy atom. The van der Waals surface area contributed by atoms with E-state index in [1.165, 1.54) is 12.1 Å². The van der Waals surface area contributed by atoms with Gasteiger partial charge in [-0.25, -0.2) is 4.39 Å². The summed E-state index contributed by atoms with van der Waals surface area (Å²) in [5.74, 6) is 0.0820. The van der Waals surface area contributed by atoms with Gasteiger partial charge >= 0.3 is 0 Å². The molecule has 1 saturated heterocycles. The molecule has 0 radical (unpaired) electrons. The minimum absolute atomic E-state index is 0.00571. The van der Waals surface area contributed by atoms with Crippen molar-refractivity contribution >= 4 is 23.4 Å². The fourth-order valence-electron chi connectivity index (χ4n) is 3.54. The van der Waals surface area contributed by atoms with E-state index >= 15 is 0 Å². The zero-order chi connectivity index (χ0) is 20.6. The van der Waals surface area contributed by atoms with Gasteiger partial charge in [0.15, 0.2) is 0 Å². The molecule has 1 aliphatic rings. The molecule has 0 spiro atoms. The van der Waals surface area contributed by atoms with Crippen molar-refractivity contribution in [3.8, 4) is 0 Å². The Bertz CT molecular complexity index is 839. The molecule has 154 valence electrons. The summed E-state index contributed by atoms with van der Waals surface area (Å²) in [5, 5.41) is 3.20. The second-order valence-electron chi connectivity index (χ2n) is 7.41. The number of piperidine rings is 1. The molecule has 2 amide bonds. The zero-order valence-electron chi connectivity index (χ0n) is 16.2. The van der Waals surface area contributed by atoms with E-state index in [0.717, 1.165) is 24.8 Å². The van der Waals surface area contributed by atoms with Crippen molar-refractivity contribution in [2.24, 2.45) is 5.92 Å². The Morgan fingerprint density at radius 3 is 2.72 bits per heavy atom. The molecule has 1 N–H and O–H groups in total. The maximum Gasteiger partial charge on any atom is 0.227 e. The molecular weight excluding hydrogens is 393 g/mol. The van der Waals surface area contributed by atoms with Gasteiger partial charge in [-0.05, 0) is 54.5 Å². The van der Waals surface area contributed by atoms with Gasteiger partial charge in [-0.15, -0.1) is 0 Å². The summed E-state index contributed by atoms with van der Waals surface area (Å²) in [5.41, 5.74) is 1.62. The van der Waals surface area contributed by atoms with E-state index < -0.39 is 5.82 Å². The lowest BCUT2D eigenvalue weighted by molar-refractivity contribution is -0.132. The van der Waals surface area contributed by atoms with Gasteiger partial charge < -0.3 is 10.2 Å². The molecule has 29 heavy (non-hydrogen) atoms. The topological polar surface area (TPSA) is 62.3 Å². The van der Waals surface area contributed by atoms with E-state index in [-0.39, 0.29) is 23.3 Å². The van der Waals surface area contributed by atoms with Crippen LogP contribution in [0.4, 0.5) is 4.39 Å². The van der Waals surface area contributed by atoms with Crippen LogP contribution in [0.5, 0.6) is 0 Å². The molecule has 5 nitrogen and oxygen atoms in total. The van der Waals surface area contributed by atoms with E-state index in [2.05, 4.69) is 10.3 Å². The van der Waals surface area contributed by atoms with Gasteiger partial charge in [0.25, 0.3) is 0 Å². The Labute approximate surface area is 175 Å². The van der Waals surface area contributed by atoms with Crippen LogP contribution in [0.25, 0.3) is 0 Å². The lowest BCUT2D eigenvalue weighted by Crippen LogP contribution is -2.39. The maximum absolute atomic E-state index is 13.1. The van der Waals surface area contributed by atoms with Crippen LogP contribution in [0.15, 0.2) is 42.7 Å². The van der Waals surface area contributed by atoms with E-state index in [0.29, 0.717) is 37.5 Å². The summed E-state index contributed by atoms with van der Waals surface area (Å²) >= 11 is 6.02. The standard InChI is InChI=1S/C22H25ClFN3O2/c23-20-13-19(24)5-4-18(20)12-22(29)27-10-7-16(8-11-27)3-6-21(28)26-15-17-2-1-9-25-14-17/h1-2,4-5,9,13-14,16H,3,6-8,10-12,15H2,(H,26,28). The van der Waals surface area contributed by atoms with Gasteiger partial charge in [0.2, 0.25) is 11.8 Å². The summed E-state index contributed by atoms with van der Waals surface area (Å²) in [6, 6.07) is 7.89. The molecule has 0 saturated carbocycles. The number of rotatable bonds is 7. The van der Waals surface area contributed by atoms with Gasteiger partial charge in [0.1, 0.15) is 5.82 Å². The van der Waals surface area contributed by atoms with Gasteiger partial charge in [0, 0.05) is 43.5 Å². The molecule has 2 heterocycles. The van der Waals surface area contributed by atoms with Crippen molar-refractivity contribution in [3.05, 3.63) is 64.7 Å². The van der Waals surface area contributed by atoms with Crippen LogP contribution < -0.4 is 5.32 Å². The number of hydrogen-bond acceptors (Lipinski definition) is 3. The first-order valence-corrected chi connectivity index (χ1v) is 10.3. The van der Waals surface area contributed by atoms with Crippen LogP contribution >= 0.6 is 11.6 Å². The highest BCUT2D eigenvalue weighted by atomic mass is 35.5. The average molecular weight is 418 g/mol. The monoisotopic (exact) mass is 417 g/mol. The highest BCUT2D eigenvalue weighted by molar-refractivity contribution is 6.31. The average Bonchev–Trinajstić information content (AvgIpc) is 2.74. The van der Waals surface area contributed by atoms with E-state index in [4.69, 9.17) is 11.6 Å². The number of carbonyl (C=O) groups is 2. The predicted octanol–water partition coefficient (Wildman–Crippen LogP) is 3.75. The first-order valence-electron chi connectivity index (χ1n) is 9.88. The van der Waals surface area contributed by atoms with Crippen molar-refractivity contribution in [2.45, 2.75) is 38.6 Å². The summed E-state index contributed by atoms with van der Waals surface area (Å²) < 4.78 is 13.1. The summed E-state index contributed by atoms with van der Waals surface area (Å²) in [6.07, 6.45) is 6.72. The lowest BCUT2D eigenvalue weighted by atomic mass is 9.91. The molecule has 1 fully saturated rings. The number of nitrogens with zero attached hydrogens (tertiary/aromatic N) is 2. The van der Waals surface area contributed by atoms with Crippen LogP contribution in [-0.4, -0.2) is 34.8 Å². The smallest absolute Gasteiger partial charge is 0.227 e. The SMILES string of the molecule is O=C(CCC1CCN(C(=O)Cc2ccc(F)cc2Cl)CC1)NCc1cccnc1. The van der Waals surface area contributed by atoms with Crippen LogP contribution in [0, 0.1) is 11.7 Å². The highest BCUT2D eigenvalue weighted by Gasteiger charge is 2.23. The van der Waals surface area contributed by atoms with E-state index in [1.54, 1.807) is 18.5 Å². The first-order chi connectivity index (χ1) is 14.0. The fourth-order valence-corrected chi connectivity index (χ4v) is 3.77. The third kappa shape index (κ3) is 6.53. The number of amides is 2. The number of pyridine rings is 1. The zero-order valence-corrected chi connectivity index (χ0v) is 17.0. The number of nitrogens with one attached hydrogen (secondary N) is 1. The third-order valence-electron chi connectivity index (χ3n) is 5.32. The number of benzene rings is 1. The van der Waals surface area contributed by atoms with Crippen molar-refractivity contribution in [1.29, 1.82) is 0 Å². The number of carbonyl (C=O) groups excluding carboxylic acids is 2. The second kappa shape index (κ2) is 10.3. The Balaban J connectivity index is 1.36. The summed E-state index contributed by atoms with van der Waals surface area (Å²) in [4.78, 5) is 30.4. The molecule has 1 aliphatic heterocycles. The van der Waals surface area contributed by atoms with Gasteiger partial charge in [-0.2, -0.15) is 0 Å². The first kappa shape index (κ1) is 21.2. The minimum Gasteiger partial charge on any atom is -0.352 e. The van der Waals surface area contributed by atoms with Crippen LogP contribution in [0.1, 0.15) is 36.8 Å². The molecule has 7 heteroatoms. The molecule has 0 bridgehead atoms. The minimum atomic E-state index is -0.406. The number of halogens is 2. The molecular formula is C22H25ClFN3O2. The van der Waals surface area contributed by atoms with Crippen molar-refractivity contribution in [1.82, 2.24) is 15.2 Å². The number of hydrogen-bond donors (Lipinski definition) is 1. The van der Waals surface area contributed by atoms with Crippen LogP contribution in [-0.2, 0) is 22.6 Å². The van der Waals surface area contributed by atoms with Gasteiger partial charge in [-0.3, -0.25) is 14.6 Å². The van der Waals surface area contributed by atoms with Crippen LogP contribution in [0.2, 0.25) is 5.02 Å². The maximum atomic E-state index is 13.1. The normalized spacial score (nSPS) is 14.6. The highest BCUT2D eigenvalue weighted by Crippen LogP contribution is 2.24. The Morgan fingerprint density at radius 2 is 2.03 bits per heavy atom. The number of likely N-dealkylation sites (tertiary alicyclic amines) is 1. The fraction of sp³-hybridized carbons (Fsp3) is 0.409. The van der Waals surface area contributed by atoms with Crippen molar-refractivity contribution < 1.29 is 14.0 Å². The van der Waals surface area contributed by atoms with E-state index in [1.807, 2.05) is 17.0 Å². The van der Waals surface area contributed by atoms with Gasteiger partial charge in [-0.1, -0.05) is 23.7 Å². The number of aromatic nitrogens is 1. The Kier molecular flexibility index (Phi) is 7.58. The molecule has 1 aromatic heterocycles. The molecule has 2 aromatic rings. The van der Waals surface area contributed by atoms with E-state index in [9.17, 15) is 14.0 Å². The quantitative estimate of drug-likeness (QED) is 0.746. The van der Waals surface area contributed by atoms with Gasteiger partial charge in [0.05, 0.1) is 6.42 Å². The second-order valence-corrected chi connectivity index (χ2v) is 7.82. The van der Waals surface area contributed by atoms with Crippen LogP contribution in [0.3, 0.4) is 0 Å². The Hall–Kier alpha value is -2.47. The molecule has 3 rings (SSSR count). The molecule has 0 unspecified atom stereocenters. The predicted molar refractivity (Wildman–Crippen MR) is 110 cm³/mol. The van der Waals surface area contributed by atoms with Crippen molar-refractivity contribution in [3.63, 3.8) is 0 Å². The molecule has 1 aromatic carbocycles. The molecule has 0 aliphatic carbocycles. The van der Waals surface area contributed by atoms with Crippen molar-refractivity contribution in [2.75, 3.05) is 13.1 Å².